The minimum Gasteiger partial charge on any atom is -0.395 e. The SMILES string of the molecule is Cn1c(-c2ccc(Cl)cc2)c([C@@H]2c3ccccc3C(=O)N2CCO)c2ccccc21. The number of fused-ring (bicyclic) bond motifs is 2. The highest BCUT2D eigenvalue weighted by molar-refractivity contribution is 6.30. The molecule has 0 unspecified atom stereocenters. The molecule has 2 heterocycles. The number of aliphatic hydroxyl groups excluding tert-OH is 1. The number of hydrogen-bond donors (Lipinski definition) is 1. The van der Waals surface area contributed by atoms with E-state index in [0.717, 1.165) is 33.3 Å². The highest BCUT2D eigenvalue weighted by atomic mass is 35.5. The summed E-state index contributed by atoms with van der Waals surface area (Å²) < 4.78 is 2.18. The third kappa shape index (κ3) is 2.76. The number of aromatic nitrogens is 1. The maximum atomic E-state index is 13.2. The molecule has 1 aromatic heterocycles. The van der Waals surface area contributed by atoms with Gasteiger partial charge in [0.05, 0.1) is 18.3 Å². The summed E-state index contributed by atoms with van der Waals surface area (Å²) in [4.78, 5) is 15.0. The number of rotatable bonds is 4. The standard InChI is InChI=1S/C25H21ClN2O2/c1-27-21-9-5-4-8-20(21)22(23(27)16-10-12-17(26)13-11-16)24-18-6-2-3-7-19(18)25(30)28(24)14-15-29/h2-13,24,29H,14-15H2,1H3/t24-/m0/s1. The van der Waals surface area contributed by atoms with Gasteiger partial charge in [-0.25, -0.2) is 0 Å². The van der Waals surface area contributed by atoms with Crippen molar-refractivity contribution in [3.8, 4) is 11.3 Å². The summed E-state index contributed by atoms with van der Waals surface area (Å²) in [5.74, 6) is -0.0420. The largest absolute Gasteiger partial charge is 0.395 e. The normalized spacial score (nSPS) is 15.8. The Bertz CT molecular complexity index is 1260. The molecular formula is C25H21ClN2O2. The zero-order chi connectivity index (χ0) is 20.8. The fraction of sp³-hybridized carbons (Fsp3) is 0.160. The van der Waals surface area contributed by atoms with Crippen LogP contribution in [0, 0.1) is 0 Å². The second-order valence-corrected chi connectivity index (χ2v) is 7.99. The van der Waals surface area contributed by atoms with Gasteiger partial charge < -0.3 is 14.6 Å². The molecule has 30 heavy (non-hydrogen) atoms. The van der Waals surface area contributed by atoms with Crippen molar-refractivity contribution in [3.63, 3.8) is 0 Å². The predicted molar refractivity (Wildman–Crippen MR) is 120 cm³/mol. The van der Waals surface area contributed by atoms with Crippen LogP contribution in [0.3, 0.4) is 0 Å². The van der Waals surface area contributed by atoms with Gasteiger partial charge in [0.1, 0.15) is 0 Å². The molecule has 0 spiro atoms. The Hall–Kier alpha value is -3.08. The Kier molecular flexibility index (Phi) is 4.61. The molecule has 0 bridgehead atoms. The molecule has 0 fully saturated rings. The molecule has 4 aromatic rings. The molecule has 0 saturated carbocycles. The number of hydrogen-bond acceptors (Lipinski definition) is 2. The Labute approximate surface area is 179 Å². The van der Waals surface area contributed by atoms with E-state index in [4.69, 9.17) is 11.6 Å². The molecule has 150 valence electrons. The van der Waals surface area contributed by atoms with E-state index in [-0.39, 0.29) is 25.1 Å². The zero-order valence-electron chi connectivity index (χ0n) is 16.5. The van der Waals surface area contributed by atoms with Crippen LogP contribution in [-0.4, -0.2) is 33.6 Å². The van der Waals surface area contributed by atoms with Crippen molar-refractivity contribution >= 4 is 28.4 Å². The van der Waals surface area contributed by atoms with Gasteiger partial charge in [-0.2, -0.15) is 0 Å². The van der Waals surface area contributed by atoms with E-state index in [9.17, 15) is 9.90 Å². The van der Waals surface area contributed by atoms with Crippen molar-refractivity contribution in [2.75, 3.05) is 13.2 Å². The van der Waals surface area contributed by atoms with Crippen molar-refractivity contribution in [1.29, 1.82) is 0 Å². The molecule has 1 amide bonds. The number of nitrogens with zero attached hydrogens (tertiary/aromatic N) is 2. The third-order valence-corrected chi connectivity index (χ3v) is 6.19. The first-order chi connectivity index (χ1) is 14.6. The molecule has 1 N–H and O–H groups in total. The van der Waals surface area contributed by atoms with Crippen molar-refractivity contribution in [1.82, 2.24) is 9.47 Å². The van der Waals surface area contributed by atoms with E-state index >= 15 is 0 Å². The predicted octanol–water partition coefficient (Wildman–Crippen LogP) is 5.04. The maximum Gasteiger partial charge on any atom is 0.255 e. The van der Waals surface area contributed by atoms with Crippen LogP contribution in [0.4, 0.5) is 0 Å². The van der Waals surface area contributed by atoms with Gasteiger partial charge in [-0.1, -0.05) is 60.1 Å². The molecule has 5 rings (SSSR count). The molecule has 1 aliphatic heterocycles. The molecule has 1 atom stereocenters. The molecule has 0 aliphatic carbocycles. The average Bonchev–Trinajstić information content (AvgIpc) is 3.21. The van der Waals surface area contributed by atoms with E-state index < -0.39 is 0 Å². The second kappa shape index (κ2) is 7.31. The summed E-state index contributed by atoms with van der Waals surface area (Å²) in [6.07, 6.45) is 0. The minimum absolute atomic E-state index is 0.0420. The Morgan fingerprint density at radius 2 is 1.67 bits per heavy atom. The van der Waals surface area contributed by atoms with Gasteiger partial charge in [-0.15, -0.1) is 0 Å². The number of aryl methyl sites for hydroxylation is 1. The maximum absolute atomic E-state index is 13.2. The van der Waals surface area contributed by atoms with Crippen LogP contribution < -0.4 is 0 Å². The van der Waals surface area contributed by atoms with E-state index in [2.05, 4.69) is 23.7 Å². The molecule has 0 radical (unpaired) electrons. The molecule has 5 heteroatoms. The van der Waals surface area contributed by atoms with Crippen LogP contribution >= 0.6 is 11.6 Å². The van der Waals surface area contributed by atoms with Crippen molar-refractivity contribution < 1.29 is 9.90 Å². The average molecular weight is 417 g/mol. The molecule has 1 aliphatic rings. The van der Waals surface area contributed by atoms with Crippen molar-refractivity contribution in [2.45, 2.75) is 6.04 Å². The topological polar surface area (TPSA) is 45.5 Å². The lowest BCUT2D eigenvalue weighted by Crippen LogP contribution is -2.31. The number of β-amino-alcohol motifs (C(OH)–C–C–N with tert-alkyl or cyclic N) is 1. The first-order valence-electron chi connectivity index (χ1n) is 9.96. The van der Waals surface area contributed by atoms with Crippen LogP contribution in [0.15, 0.2) is 72.8 Å². The summed E-state index contributed by atoms with van der Waals surface area (Å²) >= 11 is 6.15. The zero-order valence-corrected chi connectivity index (χ0v) is 17.3. The van der Waals surface area contributed by atoms with Gasteiger partial charge in [0.25, 0.3) is 5.91 Å². The van der Waals surface area contributed by atoms with Gasteiger partial charge in [0.15, 0.2) is 0 Å². The van der Waals surface area contributed by atoms with Crippen molar-refractivity contribution in [3.05, 3.63) is 94.5 Å². The van der Waals surface area contributed by atoms with E-state index in [1.54, 1.807) is 4.90 Å². The van der Waals surface area contributed by atoms with Crippen LogP contribution in [0.1, 0.15) is 27.5 Å². The molecule has 4 nitrogen and oxygen atoms in total. The van der Waals surface area contributed by atoms with E-state index in [1.165, 1.54) is 0 Å². The lowest BCUT2D eigenvalue weighted by atomic mass is 9.93. The molecule has 3 aromatic carbocycles. The lowest BCUT2D eigenvalue weighted by molar-refractivity contribution is 0.0713. The van der Waals surface area contributed by atoms with Gasteiger partial charge in [0.2, 0.25) is 0 Å². The number of halogens is 1. The lowest BCUT2D eigenvalue weighted by Gasteiger charge is -2.26. The number of amides is 1. The van der Waals surface area contributed by atoms with E-state index in [0.29, 0.717) is 10.6 Å². The quantitative estimate of drug-likeness (QED) is 0.506. The number of aliphatic hydroxyl groups is 1. The van der Waals surface area contributed by atoms with Crippen LogP contribution in [-0.2, 0) is 7.05 Å². The van der Waals surface area contributed by atoms with E-state index in [1.807, 2.05) is 60.7 Å². The number of para-hydroxylation sites is 1. The summed E-state index contributed by atoms with van der Waals surface area (Å²) in [6.45, 7) is 0.193. The summed E-state index contributed by atoms with van der Waals surface area (Å²) in [7, 11) is 2.05. The van der Waals surface area contributed by atoms with Crippen LogP contribution in [0.25, 0.3) is 22.2 Å². The van der Waals surface area contributed by atoms with Gasteiger partial charge >= 0.3 is 0 Å². The summed E-state index contributed by atoms with van der Waals surface area (Å²) in [6, 6.07) is 23.5. The second-order valence-electron chi connectivity index (χ2n) is 7.56. The fourth-order valence-electron chi connectivity index (χ4n) is 4.68. The Morgan fingerprint density at radius 1 is 0.967 bits per heavy atom. The van der Waals surface area contributed by atoms with Gasteiger partial charge in [0, 0.05) is 40.6 Å². The highest BCUT2D eigenvalue weighted by Crippen LogP contribution is 2.46. The first kappa shape index (κ1) is 18.9. The first-order valence-corrected chi connectivity index (χ1v) is 10.3. The van der Waals surface area contributed by atoms with Crippen LogP contribution in [0.5, 0.6) is 0 Å². The number of carbonyl (C=O) groups is 1. The number of carbonyl (C=O) groups excluding carboxylic acids is 1. The Morgan fingerprint density at radius 3 is 2.43 bits per heavy atom. The van der Waals surface area contributed by atoms with Crippen molar-refractivity contribution in [2.24, 2.45) is 7.05 Å². The monoisotopic (exact) mass is 416 g/mol. The minimum atomic E-state index is -0.266. The van der Waals surface area contributed by atoms with Gasteiger partial charge in [-0.3, -0.25) is 4.79 Å². The third-order valence-electron chi connectivity index (χ3n) is 5.94. The molecule has 0 saturated heterocycles. The Balaban J connectivity index is 1.85. The van der Waals surface area contributed by atoms with Crippen LogP contribution in [0.2, 0.25) is 5.02 Å². The van der Waals surface area contributed by atoms with Gasteiger partial charge in [-0.05, 0) is 35.4 Å². The molecular weight excluding hydrogens is 396 g/mol. The smallest absolute Gasteiger partial charge is 0.255 e. The summed E-state index contributed by atoms with van der Waals surface area (Å²) in [5.41, 5.74) is 5.92. The highest BCUT2D eigenvalue weighted by Gasteiger charge is 2.40. The number of benzene rings is 3. The summed E-state index contributed by atoms with van der Waals surface area (Å²) in [5, 5.41) is 11.5. The fourth-order valence-corrected chi connectivity index (χ4v) is 4.80.